The van der Waals surface area contributed by atoms with Gasteiger partial charge in [-0.1, -0.05) is 20.4 Å². The van der Waals surface area contributed by atoms with Crippen LogP contribution in [0.2, 0.25) is 0 Å². The predicted octanol–water partition coefficient (Wildman–Crippen LogP) is 0.961. The van der Waals surface area contributed by atoms with Gasteiger partial charge in [0.1, 0.15) is 0 Å². The first-order chi connectivity index (χ1) is 5.31. The average Bonchev–Trinajstić information content (AvgIpc) is 2.08. The Morgan fingerprint density at radius 1 is 1.64 bits per heavy atom. The van der Waals surface area contributed by atoms with E-state index in [-0.39, 0.29) is 5.91 Å². The number of ether oxygens (including phenoxy) is 1. The van der Waals surface area contributed by atoms with Crippen LogP contribution in [0.15, 0.2) is 12.7 Å². The summed E-state index contributed by atoms with van der Waals surface area (Å²) in [6, 6.07) is 0. The van der Waals surface area contributed by atoms with E-state index in [0.717, 1.165) is 0 Å². The summed E-state index contributed by atoms with van der Waals surface area (Å²) in [4.78, 5) is 10.4. The van der Waals surface area contributed by atoms with Crippen LogP contribution >= 0.6 is 0 Å². The van der Waals surface area contributed by atoms with E-state index >= 15 is 0 Å². The molecule has 0 unspecified atom stereocenters. The SMILES string of the molecule is C=CC(=O)NCCOC.CC. The molecule has 0 aliphatic rings. The standard InChI is InChI=1S/C6H11NO2.C2H6/c1-3-6(8)7-4-5-9-2;1-2/h3H,1,4-5H2,2H3,(H,7,8);1-2H3. The number of methoxy groups -OCH3 is 1. The second-order valence-corrected chi connectivity index (χ2v) is 1.49. The van der Waals surface area contributed by atoms with Gasteiger partial charge >= 0.3 is 0 Å². The van der Waals surface area contributed by atoms with Crippen molar-refractivity contribution in [3.8, 4) is 0 Å². The van der Waals surface area contributed by atoms with Crippen LogP contribution in [0.5, 0.6) is 0 Å². The molecule has 0 bridgehead atoms. The first-order valence-corrected chi connectivity index (χ1v) is 3.70. The van der Waals surface area contributed by atoms with Gasteiger partial charge < -0.3 is 10.1 Å². The van der Waals surface area contributed by atoms with Gasteiger partial charge in [-0.25, -0.2) is 0 Å². The normalized spacial score (nSPS) is 7.55. The summed E-state index contributed by atoms with van der Waals surface area (Å²) in [7, 11) is 1.58. The summed E-state index contributed by atoms with van der Waals surface area (Å²) in [6.07, 6.45) is 1.23. The van der Waals surface area contributed by atoms with Gasteiger partial charge in [-0.05, 0) is 6.08 Å². The highest BCUT2D eigenvalue weighted by Gasteiger charge is 1.89. The Morgan fingerprint density at radius 3 is 2.55 bits per heavy atom. The Balaban J connectivity index is 0. The lowest BCUT2D eigenvalue weighted by Gasteiger charge is -1.98. The molecule has 0 aliphatic carbocycles. The minimum Gasteiger partial charge on any atom is -0.383 e. The first kappa shape index (κ1) is 12.8. The molecule has 0 aromatic heterocycles. The zero-order chi connectivity index (χ0) is 9.11. The Morgan fingerprint density at radius 2 is 2.18 bits per heavy atom. The maximum atomic E-state index is 10.4. The third-order valence-electron chi connectivity index (χ3n) is 0.791. The van der Waals surface area contributed by atoms with Crippen LogP contribution < -0.4 is 5.32 Å². The van der Waals surface area contributed by atoms with Crippen molar-refractivity contribution in [1.82, 2.24) is 5.32 Å². The smallest absolute Gasteiger partial charge is 0.243 e. The zero-order valence-electron chi connectivity index (χ0n) is 7.52. The fraction of sp³-hybridized carbons (Fsp3) is 0.625. The molecule has 1 N–H and O–H groups in total. The van der Waals surface area contributed by atoms with Crippen LogP contribution in [0.25, 0.3) is 0 Å². The van der Waals surface area contributed by atoms with E-state index in [4.69, 9.17) is 0 Å². The van der Waals surface area contributed by atoms with Crippen LogP contribution in [0.3, 0.4) is 0 Å². The van der Waals surface area contributed by atoms with Gasteiger partial charge in [0.15, 0.2) is 0 Å². The molecular formula is C8H17NO2. The van der Waals surface area contributed by atoms with Crippen LogP contribution in [0.4, 0.5) is 0 Å². The number of amides is 1. The monoisotopic (exact) mass is 159 g/mol. The molecular weight excluding hydrogens is 142 g/mol. The van der Waals surface area contributed by atoms with E-state index in [2.05, 4.69) is 16.6 Å². The van der Waals surface area contributed by atoms with Crippen LogP contribution in [0, 0.1) is 0 Å². The number of nitrogens with one attached hydrogen (secondary N) is 1. The lowest BCUT2D eigenvalue weighted by molar-refractivity contribution is -0.116. The molecule has 0 atom stereocenters. The Labute approximate surface area is 68.4 Å². The van der Waals surface area contributed by atoms with E-state index in [1.165, 1.54) is 6.08 Å². The Kier molecular flexibility index (Phi) is 13.9. The molecule has 0 heterocycles. The predicted molar refractivity (Wildman–Crippen MR) is 46.4 cm³/mol. The van der Waals surface area contributed by atoms with Crippen molar-refractivity contribution >= 4 is 5.91 Å². The lowest BCUT2D eigenvalue weighted by Crippen LogP contribution is -2.24. The molecule has 0 aliphatic heterocycles. The summed E-state index contributed by atoms with van der Waals surface area (Å²) in [5, 5.41) is 2.55. The second kappa shape index (κ2) is 11.9. The van der Waals surface area contributed by atoms with Crippen LogP contribution in [-0.2, 0) is 9.53 Å². The van der Waals surface area contributed by atoms with Gasteiger partial charge in [0, 0.05) is 13.7 Å². The molecule has 0 spiro atoms. The third kappa shape index (κ3) is 12.4. The van der Waals surface area contributed by atoms with Crippen molar-refractivity contribution in [3.63, 3.8) is 0 Å². The zero-order valence-corrected chi connectivity index (χ0v) is 7.52. The van der Waals surface area contributed by atoms with E-state index < -0.39 is 0 Å². The minimum absolute atomic E-state index is 0.160. The quantitative estimate of drug-likeness (QED) is 0.490. The molecule has 0 rings (SSSR count). The maximum absolute atomic E-state index is 10.4. The second-order valence-electron chi connectivity index (χ2n) is 1.49. The summed E-state index contributed by atoms with van der Waals surface area (Å²) in [5.74, 6) is -0.160. The highest BCUT2D eigenvalue weighted by Crippen LogP contribution is 1.66. The molecule has 0 saturated heterocycles. The number of rotatable bonds is 4. The third-order valence-corrected chi connectivity index (χ3v) is 0.791. The number of hydrogen-bond acceptors (Lipinski definition) is 2. The molecule has 0 radical (unpaired) electrons. The molecule has 0 saturated carbocycles. The molecule has 0 aromatic rings. The van der Waals surface area contributed by atoms with Crippen LogP contribution in [0.1, 0.15) is 13.8 Å². The summed E-state index contributed by atoms with van der Waals surface area (Å²) in [6.45, 7) is 8.37. The van der Waals surface area contributed by atoms with Crippen molar-refractivity contribution in [2.75, 3.05) is 20.3 Å². The minimum atomic E-state index is -0.160. The van der Waals surface area contributed by atoms with E-state index in [1.54, 1.807) is 7.11 Å². The fourth-order valence-corrected chi connectivity index (χ4v) is 0.348. The van der Waals surface area contributed by atoms with E-state index in [1.807, 2.05) is 13.8 Å². The first-order valence-electron chi connectivity index (χ1n) is 3.70. The van der Waals surface area contributed by atoms with Gasteiger partial charge in [0.05, 0.1) is 6.61 Å². The van der Waals surface area contributed by atoms with E-state index in [9.17, 15) is 4.79 Å². The average molecular weight is 159 g/mol. The van der Waals surface area contributed by atoms with Crippen molar-refractivity contribution in [3.05, 3.63) is 12.7 Å². The molecule has 0 aromatic carbocycles. The molecule has 11 heavy (non-hydrogen) atoms. The topological polar surface area (TPSA) is 38.3 Å². The molecule has 66 valence electrons. The Bertz CT molecular complexity index is 102. The maximum Gasteiger partial charge on any atom is 0.243 e. The molecule has 3 heteroatoms. The molecule has 1 amide bonds. The van der Waals surface area contributed by atoms with Gasteiger partial charge in [-0.2, -0.15) is 0 Å². The van der Waals surface area contributed by atoms with Gasteiger partial charge in [-0.3, -0.25) is 4.79 Å². The number of carbonyl (C=O) groups excluding carboxylic acids is 1. The van der Waals surface area contributed by atoms with Crippen molar-refractivity contribution < 1.29 is 9.53 Å². The summed E-state index contributed by atoms with van der Waals surface area (Å²) < 4.78 is 4.69. The van der Waals surface area contributed by atoms with Crippen LogP contribution in [-0.4, -0.2) is 26.2 Å². The largest absolute Gasteiger partial charge is 0.383 e. The number of hydrogen-bond donors (Lipinski definition) is 1. The highest BCUT2D eigenvalue weighted by molar-refractivity contribution is 5.86. The lowest BCUT2D eigenvalue weighted by atomic mass is 10.5. The van der Waals surface area contributed by atoms with Crippen molar-refractivity contribution in [2.24, 2.45) is 0 Å². The summed E-state index contributed by atoms with van der Waals surface area (Å²) >= 11 is 0. The molecule has 3 nitrogen and oxygen atoms in total. The fourth-order valence-electron chi connectivity index (χ4n) is 0.348. The van der Waals surface area contributed by atoms with Crippen molar-refractivity contribution in [1.29, 1.82) is 0 Å². The molecule has 0 fully saturated rings. The highest BCUT2D eigenvalue weighted by atomic mass is 16.5. The van der Waals surface area contributed by atoms with Crippen molar-refractivity contribution in [2.45, 2.75) is 13.8 Å². The van der Waals surface area contributed by atoms with E-state index in [0.29, 0.717) is 13.2 Å². The Hall–Kier alpha value is -0.830. The van der Waals surface area contributed by atoms with Gasteiger partial charge in [0.2, 0.25) is 5.91 Å². The number of carbonyl (C=O) groups is 1. The summed E-state index contributed by atoms with van der Waals surface area (Å²) in [5.41, 5.74) is 0. The van der Waals surface area contributed by atoms with Gasteiger partial charge in [-0.15, -0.1) is 0 Å². The van der Waals surface area contributed by atoms with Gasteiger partial charge in [0.25, 0.3) is 0 Å².